The van der Waals surface area contributed by atoms with Crippen molar-refractivity contribution >= 4 is 0 Å². The van der Waals surface area contributed by atoms with Gasteiger partial charge in [-0.05, 0) is 37.3 Å². The van der Waals surface area contributed by atoms with Crippen LogP contribution in [0.5, 0.6) is 0 Å². The minimum absolute atomic E-state index is 0.00759. The standard InChI is InChI=1S/C19H20N2O2/c1-15-4-6-17(7-5-15)20-9-8-16(13-20)19-21(10-12-23-19)14-18-3-2-11-22-18/h2-9,11,13,19H,10,12,14H2,1H3. The second-order valence-electron chi connectivity index (χ2n) is 5.96. The van der Waals surface area contributed by atoms with Crippen molar-refractivity contribution in [3.8, 4) is 5.69 Å². The number of rotatable bonds is 4. The first-order valence-electron chi connectivity index (χ1n) is 7.92. The predicted molar refractivity (Wildman–Crippen MR) is 88.3 cm³/mol. The Morgan fingerprint density at radius 2 is 2.00 bits per heavy atom. The van der Waals surface area contributed by atoms with Gasteiger partial charge in [0.05, 0.1) is 19.4 Å². The van der Waals surface area contributed by atoms with Crippen molar-refractivity contribution in [3.05, 3.63) is 78.0 Å². The van der Waals surface area contributed by atoms with E-state index in [0.29, 0.717) is 0 Å². The lowest BCUT2D eigenvalue weighted by Gasteiger charge is -2.21. The van der Waals surface area contributed by atoms with Crippen molar-refractivity contribution < 1.29 is 9.15 Å². The Hall–Kier alpha value is -2.30. The van der Waals surface area contributed by atoms with Gasteiger partial charge in [0, 0.05) is 30.2 Å². The average Bonchev–Trinajstić information content (AvgIpc) is 3.29. The average molecular weight is 308 g/mol. The van der Waals surface area contributed by atoms with Gasteiger partial charge < -0.3 is 13.7 Å². The van der Waals surface area contributed by atoms with Crippen molar-refractivity contribution in [2.45, 2.75) is 19.7 Å². The molecule has 1 saturated heterocycles. The highest BCUT2D eigenvalue weighted by molar-refractivity contribution is 5.36. The summed E-state index contributed by atoms with van der Waals surface area (Å²) in [6.07, 6.45) is 5.95. The molecule has 1 aromatic carbocycles. The molecule has 0 spiro atoms. The Labute approximate surface area is 135 Å². The molecule has 4 nitrogen and oxygen atoms in total. The molecule has 0 bridgehead atoms. The molecule has 2 aromatic heterocycles. The molecule has 0 aliphatic carbocycles. The van der Waals surface area contributed by atoms with E-state index in [4.69, 9.17) is 9.15 Å². The highest BCUT2D eigenvalue weighted by atomic mass is 16.5. The Morgan fingerprint density at radius 1 is 1.13 bits per heavy atom. The normalized spacial score (nSPS) is 18.6. The van der Waals surface area contributed by atoms with Crippen LogP contribution in [0.15, 0.2) is 65.5 Å². The van der Waals surface area contributed by atoms with Crippen LogP contribution in [0.2, 0.25) is 0 Å². The van der Waals surface area contributed by atoms with Gasteiger partial charge >= 0.3 is 0 Å². The van der Waals surface area contributed by atoms with E-state index in [1.165, 1.54) is 11.1 Å². The number of hydrogen-bond acceptors (Lipinski definition) is 3. The molecular weight excluding hydrogens is 288 g/mol. The first-order valence-corrected chi connectivity index (χ1v) is 7.92. The summed E-state index contributed by atoms with van der Waals surface area (Å²) in [4.78, 5) is 2.30. The van der Waals surface area contributed by atoms with E-state index in [1.54, 1.807) is 6.26 Å². The van der Waals surface area contributed by atoms with Gasteiger partial charge in [0.2, 0.25) is 0 Å². The third kappa shape index (κ3) is 2.96. The van der Waals surface area contributed by atoms with Gasteiger partial charge in [-0.1, -0.05) is 17.7 Å². The van der Waals surface area contributed by atoms with Crippen molar-refractivity contribution in [1.29, 1.82) is 0 Å². The zero-order chi connectivity index (χ0) is 15.6. The molecule has 3 aromatic rings. The maximum atomic E-state index is 5.94. The van der Waals surface area contributed by atoms with Crippen LogP contribution in [-0.2, 0) is 11.3 Å². The van der Waals surface area contributed by atoms with Gasteiger partial charge in [-0.15, -0.1) is 0 Å². The minimum Gasteiger partial charge on any atom is -0.468 e. The monoisotopic (exact) mass is 308 g/mol. The Balaban J connectivity index is 1.54. The number of benzene rings is 1. The van der Waals surface area contributed by atoms with E-state index in [1.807, 2.05) is 12.1 Å². The smallest absolute Gasteiger partial charge is 0.138 e. The SMILES string of the molecule is Cc1ccc(-n2ccc(C3OCCN3Cc3ccco3)c2)cc1. The van der Waals surface area contributed by atoms with Crippen molar-refractivity contribution in [1.82, 2.24) is 9.47 Å². The molecule has 1 atom stereocenters. The van der Waals surface area contributed by atoms with Crippen LogP contribution in [0.4, 0.5) is 0 Å². The van der Waals surface area contributed by atoms with E-state index >= 15 is 0 Å². The predicted octanol–water partition coefficient (Wildman–Crippen LogP) is 3.91. The van der Waals surface area contributed by atoms with Gasteiger partial charge in [-0.3, -0.25) is 4.90 Å². The first kappa shape index (κ1) is 14.3. The zero-order valence-electron chi connectivity index (χ0n) is 13.2. The highest BCUT2D eigenvalue weighted by Crippen LogP contribution is 2.29. The molecule has 1 aliphatic heterocycles. The van der Waals surface area contributed by atoms with Gasteiger partial charge in [-0.25, -0.2) is 0 Å². The van der Waals surface area contributed by atoms with E-state index in [9.17, 15) is 0 Å². The van der Waals surface area contributed by atoms with Crippen LogP contribution in [0.25, 0.3) is 5.69 Å². The molecule has 0 radical (unpaired) electrons. The van der Waals surface area contributed by atoms with E-state index in [-0.39, 0.29) is 6.23 Å². The summed E-state index contributed by atoms with van der Waals surface area (Å²) in [7, 11) is 0. The fourth-order valence-corrected chi connectivity index (χ4v) is 3.01. The quantitative estimate of drug-likeness (QED) is 0.732. The van der Waals surface area contributed by atoms with Crippen molar-refractivity contribution in [2.75, 3.05) is 13.2 Å². The molecule has 3 heterocycles. The van der Waals surface area contributed by atoms with E-state index < -0.39 is 0 Å². The summed E-state index contributed by atoms with van der Waals surface area (Å²) in [6, 6.07) is 14.6. The van der Waals surface area contributed by atoms with Crippen LogP contribution in [0.1, 0.15) is 23.1 Å². The van der Waals surface area contributed by atoms with E-state index in [0.717, 1.165) is 31.1 Å². The van der Waals surface area contributed by atoms with Gasteiger partial charge in [0.1, 0.15) is 12.0 Å². The van der Waals surface area contributed by atoms with Crippen LogP contribution >= 0.6 is 0 Å². The number of aryl methyl sites for hydroxylation is 1. The summed E-state index contributed by atoms with van der Waals surface area (Å²) in [5.74, 6) is 0.971. The molecule has 0 N–H and O–H groups in total. The Bertz CT molecular complexity index is 759. The third-order valence-electron chi connectivity index (χ3n) is 4.26. The molecular formula is C19H20N2O2. The van der Waals surface area contributed by atoms with Gasteiger partial charge in [0.15, 0.2) is 0 Å². The number of furan rings is 1. The van der Waals surface area contributed by atoms with Crippen LogP contribution in [-0.4, -0.2) is 22.6 Å². The topological polar surface area (TPSA) is 30.5 Å². The van der Waals surface area contributed by atoms with Gasteiger partial charge in [0.25, 0.3) is 0 Å². The lowest BCUT2D eigenvalue weighted by Crippen LogP contribution is -2.22. The maximum absolute atomic E-state index is 5.94. The second-order valence-corrected chi connectivity index (χ2v) is 5.96. The van der Waals surface area contributed by atoms with Crippen LogP contribution in [0.3, 0.4) is 0 Å². The fourth-order valence-electron chi connectivity index (χ4n) is 3.01. The summed E-state index contributed by atoms with van der Waals surface area (Å²) in [5.41, 5.74) is 3.61. The number of nitrogens with zero attached hydrogens (tertiary/aromatic N) is 2. The number of hydrogen-bond donors (Lipinski definition) is 0. The lowest BCUT2D eigenvalue weighted by molar-refractivity contribution is 0.0258. The molecule has 1 fully saturated rings. The summed E-state index contributed by atoms with van der Waals surface area (Å²) in [5, 5.41) is 0. The first-order chi connectivity index (χ1) is 11.3. The fraction of sp³-hybridized carbons (Fsp3) is 0.263. The lowest BCUT2D eigenvalue weighted by atomic mass is 10.2. The largest absolute Gasteiger partial charge is 0.468 e. The van der Waals surface area contributed by atoms with Crippen molar-refractivity contribution in [2.24, 2.45) is 0 Å². The molecule has 0 saturated carbocycles. The Kier molecular flexibility index (Phi) is 3.77. The molecule has 23 heavy (non-hydrogen) atoms. The molecule has 1 unspecified atom stereocenters. The van der Waals surface area contributed by atoms with Crippen LogP contribution in [0, 0.1) is 6.92 Å². The summed E-state index contributed by atoms with van der Waals surface area (Å²) >= 11 is 0. The molecule has 0 amide bonds. The summed E-state index contributed by atoms with van der Waals surface area (Å²) in [6.45, 7) is 4.54. The van der Waals surface area contributed by atoms with Gasteiger partial charge in [-0.2, -0.15) is 0 Å². The minimum atomic E-state index is -0.00759. The highest BCUT2D eigenvalue weighted by Gasteiger charge is 2.28. The van der Waals surface area contributed by atoms with E-state index in [2.05, 4.69) is 59.1 Å². The maximum Gasteiger partial charge on any atom is 0.138 e. The third-order valence-corrected chi connectivity index (χ3v) is 4.26. The summed E-state index contributed by atoms with van der Waals surface area (Å²) < 4.78 is 13.5. The van der Waals surface area contributed by atoms with Crippen molar-refractivity contribution in [3.63, 3.8) is 0 Å². The number of aromatic nitrogens is 1. The second kappa shape index (κ2) is 6.07. The molecule has 4 rings (SSSR count). The zero-order valence-corrected chi connectivity index (χ0v) is 13.2. The molecule has 1 aliphatic rings. The number of ether oxygens (including phenoxy) is 1. The molecule has 118 valence electrons. The van der Waals surface area contributed by atoms with Crippen LogP contribution < -0.4 is 0 Å². The molecule has 4 heteroatoms. The Morgan fingerprint density at radius 3 is 2.78 bits per heavy atom.